The van der Waals surface area contributed by atoms with Crippen molar-refractivity contribution in [2.45, 2.75) is 32.4 Å². The smallest absolute Gasteiger partial charge is 0.305 e. The summed E-state index contributed by atoms with van der Waals surface area (Å²) in [5, 5.41) is 0. The molecule has 0 unspecified atom stereocenters. The van der Waals surface area contributed by atoms with E-state index in [1.54, 1.807) is 6.92 Å². The summed E-state index contributed by atoms with van der Waals surface area (Å²) in [5.74, 6) is -0.337. The van der Waals surface area contributed by atoms with E-state index in [2.05, 4.69) is 4.74 Å². The number of carbonyl (C=O) groups excluding carboxylic acids is 2. The third kappa shape index (κ3) is 5.82. The molecule has 1 atom stereocenters. The van der Waals surface area contributed by atoms with Gasteiger partial charge in [0, 0.05) is 6.42 Å². The molecule has 0 heterocycles. The summed E-state index contributed by atoms with van der Waals surface area (Å²) >= 11 is 0. The first-order chi connectivity index (χ1) is 5.70. The average Bonchev–Trinajstić information content (AvgIpc) is 2.04. The molecule has 0 saturated carbocycles. The SMILES string of the molecule is CCOC(=O)CCC[C@@H](F)C=O. The average molecular weight is 176 g/mol. The van der Waals surface area contributed by atoms with E-state index in [0.29, 0.717) is 13.0 Å². The van der Waals surface area contributed by atoms with Gasteiger partial charge in [-0.15, -0.1) is 0 Å². The summed E-state index contributed by atoms with van der Waals surface area (Å²) in [6.07, 6.45) is -0.562. The van der Waals surface area contributed by atoms with Crippen LogP contribution in [-0.2, 0) is 14.3 Å². The minimum Gasteiger partial charge on any atom is -0.466 e. The minimum absolute atomic E-state index is 0.0995. The van der Waals surface area contributed by atoms with Crippen molar-refractivity contribution >= 4 is 12.3 Å². The molecule has 0 aromatic heterocycles. The molecule has 0 aliphatic carbocycles. The van der Waals surface area contributed by atoms with Crippen LogP contribution in [0.5, 0.6) is 0 Å². The zero-order valence-corrected chi connectivity index (χ0v) is 7.09. The van der Waals surface area contributed by atoms with Crippen molar-refractivity contribution in [1.29, 1.82) is 0 Å². The Morgan fingerprint density at radius 3 is 2.83 bits per heavy atom. The van der Waals surface area contributed by atoms with Crippen molar-refractivity contribution in [2.24, 2.45) is 0 Å². The van der Waals surface area contributed by atoms with Gasteiger partial charge in [-0.2, -0.15) is 0 Å². The number of rotatable bonds is 6. The maximum Gasteiger partial charge on any atom is 0.305 e. The molecule has 0 aliphatic rings. The third-order valence-electron chi connectivity index (χ3n) is 1.31. The lowest BCUT2D eigenvalue weighted by Crippen LogP contribution is -2.06. The van der Waals surface area contributed by atoms with Gasteiger partial charge in [0.15, 0.2) is 12.5 Å². The van der Waals surface area contributed by atoms with Crippen molar-refractivity contribution in [3.8, 4) is 0 Å². The molecule has 0 spiro atoms. The van der Waals surface area contributed by atoms with Gasteiger partial charge in [-0.1, -0.05) is 0 Å². The van der Waals surface area contributed by atoms with E-state index in [1.165, 1.54) is 0 Å². The second kappa shape index (κ2) is 6.76. The molecular formula is C8H13FO3. The third-order valence-corrected chi connectivity index (χ3v) is 1.31. The van der Waals surface area contributed by atoms with Crippen molar-refractivity contribution in [3.05, 3.63) is 0 Å². The topological polar surface area (TPSA) is 43.4 Å². The maximum absolute atomic E-state index is 12.2. The first-order valence-corrected chi connectivity index (χ1v) is 3.95. The van der Waals surface area contributed by atoms with Crippen molar-refractivity contribution in [3.63, 3.8) is 0 Å². The number of ether oxygens (including phenoxy) is 1. The summed E-state index contributed by atoms with van der Waals surface area (Å²) in [4.78, 5) is 20.5. The Morgan fingerprint density at radius 2 is 2.33 bits per heavy atom. The molecule has 0 saturated heterocycles. The van der Waals surface area contributed by atoms with Crippen LogP contribution >= 0.6 is 0 Å². The zero-order chi connectivity index (χ0) is 9.40. The monoisotopic (exact) mass is 176 g/mol. The van der Waals surface area contributed by atoms with Crippen molar-refractivity contribution < 1.29 is 18.7 Å². The minimum atomic E-state index is -1.44. The highest BCUT2D eigenvalue weighted by Gasteiger charge is 2.06. The standard InChI is InChI=1S/C8H13FO3/c1-2-12-8(11)5-3-4-7(9)6-10/h6-7H,2-5H2,1H3/t7-/m1/s1. The first kappa shape index (κ1) is 11.1. The van der Waals surface area contributed by atoms with Crippen LogP contribution in [0.4, 0.5) is 4.39 Å². The molecule has 70 valence electrons. The first-order valence-electron chi connectivity index (χ1n) is 3.95. The van der Waals surface area contributed by atoms with Gasteiger partial charge in [-0.05, 0) is 19.8 Å². The summed E-state index contributed by atoms with van der Waals surface area (Å²) in [7, 11) is 0. The molecule has 0 aliphatic heterocycles. The number of halogens is 1. The Balaban J connectivity index is 3.30. The quantitative estimate of drug-likeness (QED) is 0.452. The van der Waals surface area contributed by atoms with Crippen molar-refractivity contribution in [1.82, 2.24) is 0 Å². The molecule has 4 heteroatoms. The van der Waals surface area contributed by atoms with Gasteiger partial charge < -0.3 is 9.53 Å². The Kier molecular flexibility index (Phi) is 6.24. The molecule has 0 aromatic carbocycles. The summed E-state index contributed by atoms with van der Waals surface area (Å²) < 4.78 is 16.9. The second-order valence-electron chi connectivity index (χ2n) is 2.35. The lowest BCUT2D eigenvalue weighted by Gasteiger charge is -2.01. The Morgan fingerprint density at radius 1 is 1.67 bits per heavy atom. The van der Waals surface area contributed by atoms with Gasteiger partial charge >= 0.3 is 5.97 Å². The number of carbonyl (C=O) groups is 2. The van der Waals surface area contributed by atoms with Crippen LogP contribution in [0.1, 0.15) is 26.2 Å². The van der Waals surface area contributed by atoms with Gasteiger partial charge in [0.25, 0.3) is 0 Å². The Hall–Kier alpha value is -0.930. The van der Waals surface area contributed by atoms with E-state index < -0.39 is 6.17 Å². The molecule has 12 heavy (non-hydrogen) atoms. The van der Waals surface area contributed by atoms with E-state index in [1.807, 2.05) is 0 Å². The summed E-state index contributed by atoms with van der Waals surface area (Å²) in [6.45, 7) is 2.05. The number of hydrogen-bond donors (Lipinski definition) is 0. The number of hydrogen-bond acceptors (Lipinski definition) is 3. The Bertz CT molecular complexity index is 147. The summed E-state index contributed by atoms with van der Waals surface area (Å²) in [6, 6.07) is 0. The largest absolute Gasteiger partial charge is 0.466 e. The molecular weight excluding hydrogens is 163 g/mol. The highest BCUT2D eigenvalue weighted by atomic mass is 19.1. The van der Waals surface area contributed by atoms with Crippen LogP contribution < -0.4 is 0 Å². The van der Waals surface area contributed by atoms with Crippen LogP contribution in [-0.4, -0.2) is 25.0 Å². The molecule has 3 nitrogen and oxygen atoms in total. The highest BCUT2D eigenvalue weighted by molar-refractivity contribution is 5.69. The predicted octanol–water partition coefficient (Wildman–Crippen LogP) is 1.26. The van der Waals surface area contributed by atoms with Gasteiger partial charge in [0.1, 0.15) is 0 Å². The van der Waals surface area contributed by atoms with Gasteiger partial charge in [0.2, 0.25) is 0 Å². The Labute approximate surface area is 70.9 Å². The van der Waals surface area contributed by atoms with E-state index in [4.69, 9.17) is 0 Å². The molecule has 0 bridgehead atoms. The normalized spacial score (nSPS) is 12.2. The van der Waals surface area contributed by atoms with Crippen LogP contribution in [0.25, 0.3) is 0 Å². The van der Waals surface area contributed by atoms with E-state index >= 15 is 0 Å². The van der Waals surface area contributed by atoms with Crippen LogP contribution in [0.2, 0.25) is 0 Å². The lowest BCUT2D eigenvalue weighted by molar-refractivity contribution is -0.143. The van der Waals surface area contributed by atoms with Crippen LogP contribution in [0.3, 0.4) is 0 Å². The highest BCUT2D eigenvalue weighted by Crippen LogP contribution is 2.03. The van der Waals surface area contributed by atoms with Crippen LogP contribution in [0, 0.1) is 0 Å². The predicted molar refractivity (Wildman–Crippen MR) is 41.4 cm³/mol. The summed E-state index contributed by atoms with van der Waals surface area (Å²) in [5.41, 5.74) is 0. The van der Waals surface area contributed by atoms with E-state index in [0.717, 1.165) is 0 Å². The maximum atomic E-state index is 12.2. The number of esters is 1. The van der Waals surface area contributed by atoms with Gasteiger partial charge in [0.05, 0.1) is 6.61 Å². The molecule has 0 radical (unpaired) electrons. The number of aldehydes is 1. The van der Waals surface area contributed by atoms with E-state index in [-0.39, 0.29) is 25.1 Å². The van der Waals surface area contributed by atoms with Crippen LogP contribution in [0.15, 0.2) is 0 Å². The molecule has 0 aromatic rings. The fraction of sp³-hybridized carbons (Fsp3) is 0.750. The second-order valence-corrected chi connectivity index (χ2v) is 2.35. The lowest BCUT2D eigenvalue weighted by atomic mass is 10.2. The fourth-order valence-corrected chi connectivity index (χ4v) is 0.743. The molecule has 0 amide bonds. The zero-order valence-electron chi connectivity index (χ0n) is 7.09. The molecule has 0 rings (SSSR count). The molecule has 0 N–H and O–H groups in total. The van der Waals surface area contributed by atoms with Gasteiger partial charge in [-0.25, -0.2) is 4.39 Å². The van der Waals surface area contributed by atoms with E-state index in [9.17, 15) is 14.0 Å². The van der Waals surface area contributed by atoms with Gasteiger partial charge in [-0.3, -0.25) is 4.79 Å². The fourth-order valence-electron chi connectivity index (χ4n) is 0.743. The number of alkyl halides is 1. The van der Waals surface area contributed by atoms with Crippen molar-refractivity contribution in [2.75, 3.05) is 6.61 Å². The molecule has 0 fully saturated rings.